The molecule has 4 unspecified atom stereocenters. The fourth-order valence-corrected chi connectivity index (χ4v) is 6.65. The fraction of sp³-hybridized carbons (Fsp3) is 0.621. The number of ether oxygens (including phenoxy) is 1. The zero-order valence-corrected chi connectivity index (χ0v) is 23.0. The Balaban J connectivity index is 1.81. The Morgan fingerprint density at radius 3 is 2.35 bits per heavy atom. The van der Waals surface area contributed by atoms with Crippen LogP contribution < -0.4 is 10.1 Å². The largest absolute Gasteiger partial charge is 0.481 e. The molecule has 4 rings (SSSR count). The number of amides is 1. The van der Waals surface area contributed by atoms with Gasteiger partial charge in [0.15, 0.2) is 0 Å². The SMILES string of the molecule is COc1c(CNC2C(c3ccccc3)N(C(=O)C3CCCCC3)C(C(=O)O)C2C(C)(C)C)c(C)nn1C. The highest BCUT2D eigenvalue weighted by Gasteiger charge is 2.58. The van der Waals surface area contributed by atoms with Gasteiger partial charge in [0.25, 0.3) is 0 Å². The van der Waals surface area contributed by atoms with Gasteiger partial charge in [0.05, 0.1) is 24.4 Å². The minimum absolute atomic E-state index is 0.0189. The maximum absolute atomic E-state index is 14.2. The van der Waals surface area contributed by atoms with Crippen molar-refractivity contribution in [1.29, 1.82) is 0 Å². The van der Waals surface area contributed by atoms with Gasteiger partial charge < -0.3 is 20.1 Å². The smallest absolute Gasteiger partial charge is 0.326 e. The second-order valence-corrected chi connectivity index (χ2v) is 11.7. The highest BCUT2D eigenvalue weighted by molar-refractivity contribution is 5.87. The summed E-state index contributed by atoms with van der Waals surface area (Å²) in [6, 6.07) is 8.31. The van der Waals surface area contributed by atoms with E-state index in [2.05, 4.69) is 31.2 Å². The number of nitrogens with one attached hydrogen (secondary N) is 1. The van der Waals surface area contributed by atoms with Crippen molar-refractivity contribution in [3.63, 3.8) is 0 Å². The molecule has 0 bridgehead atoms. The average Bonchev–Trinajstić information content (AvgIpc) is 3.36. The first kappa shape index (κ1) is 27.2. The molecule has 202 valence electrons. The number of nitrogens with zero attached hydrogens (tertiary/aromatic N) is 3. The molecule has 1 saturated carbocycles. The molecule has 8 heteroatoms. The van der Waals surface area contributed by atoms with Gasteiger partial charge in [-0.05, 0) is 30.7 Å². The third-order valence-corrected chi connectivity index (χ3v) is 8.27. The summed E-state index contributed by atoms with van der Waals surface area (Å²) in [5, 5.41) is 18.8. The summed E-state index contributed by atoms with van der Waals surface area (Å²) in [5.41, 5.74) is 2.38. The van der Waals surface area contributed by atoms with E-state index in [4.69, 9.17) is 4.74 Å². The summed E-state index contributed by atoms with van der Waals surface area (Å²) in [6.45, 7) is 8.64. The zero-order valence-electron chi connectivity index (χ0n) is 23.0. The number of methoxy groups -OCH3 is 1. The van der Waals surface area contributed by atoms with Gasteiger partial charge in [-0.3, -0.25) is 4.79 Å². The van der Waals surface area contributed by atoms with Crippen molar-refractivity contribution in [2.45, 2.75) is 84.5 Å². The highest BCUT2D eigenvalue weighted by Crippen LogP contribution is 2.49. The number of likely N-dealkylation sites (tertiary alicyclic amines) is 1. The Labute approximate surface area is 220 Å². The number of hydrogen-bond donors (Lipinski definition) is 2. The second kappa shape index (κ2) is 10.9. The molecule has 1 amide bonds. The van der Waals surface area contributed by atoms with Crippen molar-refractivity contribution in [2.24, 2.45) is 24.3 Å². The topological polar surface area (TPSA) is 96.7 Å². The molecule has 0 radical (unpaired) electrons. The lowest BCUT2D eigenvalue weighted by atomic mass is 9.72. The summed E-state index contributed by atoms with van der Waals surface area (Å²) < 4.78 is 7.34. The van der Waals surface area contributed by atoms with Gasteiger partial charge in [-0.1, -0.05) is 70.4 Å². The fourth-order valence-electron chi connectivity index (χ4n) is 6.65. The number of carboxylic acids is 1. The monoisotopic (exact) mass is 510 g/mol. The molecular formula is C29H42N4O4. The summed E-state index contributed by atoms with van der Waals surface area (Å²) in [4.78, 5) is 28.8. The molecule has 1 saturated heterocycles. The molecule has 2 aliphatic rings. The molecule has 1 aromatic carbocycles. The van der Waals surface area contributed by atoms with Crippen LogP contribution in [0.4, 0.5) is 0 Å². The maximum atomic E-state index is 14.2. The molecule has 2 fully saturated rings. The van der Waals surface area contributed by atoms with Crippen LogP contribution in [0.2, 0.25) is 0 Å². The van der Waals surface area contributed by atoms with E-state index in [1.54, 1.807) is 16.7 Å². The number of rotatable bonds is 7. The summed E-state index contributed by atoms with van der Waals surface area (Å²) >= 11 is 0. The van der Waals surface area contributed by atoms with Gasteiger partial charge in [0.2, 0.25) is 11.8 Å². The number of carbonyl (C=O) groups is 2. The predicted octanol–water partition coefficient (Wildman–Crippen LogP) is 4.47. The van der Waals surface area contributed by atoms with Gasteiger partial charge in [-0.2, -0.15) is 5.10 Å². The summed E-state index contributed by atoms with van der Waals surface area (Å²) in [6.07, 6.45) is 4.82. The van der Waals surface area contributed by atoms with Gasteiger partial charge in [-0.15, -0.1) is 0 Å². The first-order chi connectivity index (χ1) is 17.6. The molecule has 2 aromatic rings. The zero-order chi connectivity index (χ0) is 26.9. The molecule has 2 heterocycles. The van der Waals surface area contributed by atoms with Crippen molar-refractivity contribution in [1.82, 2.24) is 20.0 Å². The van der Waals surface area contributed by atoms with Crippen LogP contribution in [0.15, 0.2) is 30.3 Å². The van der Waals surface area contributed by atoms with Gasteiger partial charge in [0, 0.05) is 31.5 Å². The molecule has 1 aromatic heterocycles. The van der Waals surface area contributed by atoms with Crippen LogP contribution in [-0.4, -0.2) is 50.9 Å². The number of benzene rings is 1. The lowest BCUT2D eigenvalue weighted by Gasteiger charge is -2.36. The standard InChI is InChI=1S/C29H42N4O4/c1-18-21(27(37-6)32(5)31-18)17-30-23-22(29(2,3)4)25(28(35)36)33(24(23)19-13-9-7-10-14-19)26(34)20-15-11-8-12-16-20/h7,9-10,13-14,20,22-25,30H,8,11-12,15-17H2,1-6H3,(H,35,36). The second-order valence-electron chi connectivity index (χ2n) is 11.7. The normalized spacial score (nSPS) is 24.9. The number of aromatic nitrogens is 2. The molecule has 0 spiro atoms. The molecule has 1 aliphatic heterocycles. The van der Waals surface area contributed by atoms with Crippen molar-refractivity contribution < 1.29 is 19.4 Å². The predicted molar refractivity (Wildman–Crippen MR) is 142 cm³/mol. The van der Waals surface area contributed by atoms with Gasteiger partial charge >= 0.3 is 5.97 Å². The van der Waals surface area contributed by atoms with E-state index >= 15 is 0 Å². The first-order valence-electron chi connectivity index (χ1n) is 13.5. The third-order valence-electron chi connectivity index (χ3n) is 8.27. The van der Waals surface area contributed by atoms with E-state index in [0.29, 0.717) is 12.4 Å². The van der Waals surface area contributed by atoms with Gasteiger partial charge in [-0.25, -0.2) is 9.48 Å². The highest BCUT2D eigenvalue weighted by atomic mass is 16.5. The Hall–Kier alpha value is -2.87. The van der Waals surface area contributed by atoms with Crippen molar-refractivity contribution in [3.05, 3.63) is 47.2 Å². The molecule has 1 aliphatic carbocycles. The quantitative estimate of drug-likeness (QED) is 0.570. The summed E-state index contributed by atoms with van der Waals surface area (Å²) in [5.74, 6) is -0.719. The van der Waals surface area contributed by atoms with Crippen LogP contribution >= 0.6 is 0 Å². The van der Waals surface area contributed by atoms with Gasteiger partial charge in [0.1, 0.15) is 6.04 Å². The van der Waals surface area contributed by atoms with Crippen LogP contribution in [0.3, 0.4) is 0 Å². The third kappa shape index (κ3) is 5.26. The lowest BCUT2D eigenvalue weighted by molar-refractivity contribution is -0.154. The van der Waals surface area contributed by atoms with E-state index in [0.717, 1.165) is 48.9 Å². The number of aryl methyl sites for hydroxylation is 2. The van der Waals surface area contributed by atoms with Crippen LogP contribution in [0.5, 0.6) is 5.88 Å². The van der Waals surface area contributed by atoms with E-state index in [9.17, 15) is 14.7 Å². The van der Waals surface area contributed by atoms with Crippen molar-refractivity contribution >= 4 is 11.9 Å². The molecule has 37 heavy (non-hydrogen) atoms. The molecular weight excluding hydrogens is 468 g/mol. The lowest BCUT2D eigenvalue weighted by Crippen LogP contribution is -2.49. The molecule has 4 atom stereocenters. The van der Waals surface area contributed by atoms with Crippen molar-refractivity contribution in [3.8, 4) is 5.88 Å². The number of aliphatic carboxylic acids is 1. The number of carboxylic acid groups (broad SMARTS) is 1. The van der Waals surface area contributed by atoms with Crippen LogP contribution in [-0.2, 0) is 23.2 Å². The van der Waals surface area contributed by atoms with Crippen molar-refractivity contribution in [2.75, 3.05) is 7.11 Å². The van der Waals surface area contributed by atoms with Crippen LogP contribution in [0.1, 0.15) is 75.7 Å². The Morgan fingerprint density at radius 2 is 1.78 bits per heavy atom. The molecule has 8 nitrogen and oxygen atoms in total. The minimum atomic E-state index is -0.940. The maximum Gasteiger partial charge on any atom is 0.326 e. The van der Waals surface area contributed by atoms with E-state index in [-0.39, 0.29) is 29.2 Å². The van der Waals surface area contributed by atoms with E-state index < -0.39 is 18.1 Å². The molecule has 2 N–H and O–H groups in total. The van der Waals surface area contributed by atoms with Crippen LogP contribution in [0, 0.1) is 24.2 Å². The van der Waals surface area contributed by atoms with E-state index in [1.807, 2.05) is 44.3 Å². The number of carbonyl (C=O) groups excluding carboxylic acids is 1. The van der Waals surface area contributed by atoms with Crippen LogP contribution in [0.25, 0.3) is 0 Å². The first-order valence-corrected chi connectivity index (χ1v) is 13.5. The average molecular weight is 511 g/mol. The number of hydrogen-bond acceptors (Lipinski definition) is 5. The summed E-state index contributed by atoms with van der Waals surface area (Å²) in [7, 11) is 3.48. The Kier molecular flexibility index (Phi) is 7.97. The Bertz CT molecular complexity index is 1100. The Morgan fingerprint density at radius 1 is 1.14 bits per heavy atom. The van der Waals surface area contributed by atoms with E-state index in [1.165, 1.54) is 0 Å². The minimum Gasteiger partial charge on any atom is -0.481 e.